The normalized spacial score (nSPS) is 22.8. The molecule has 8 nitrogen and oxygen atoms in total. The lowest BCUT2D eigenvalue weighted by Gasteiger charge is -2.45. The van der Waals surface area contributed by atoms with Crippen molar-refractivity contribution in [2.24, 2.45) is 5.92 Å². The van der Waals surface area contributed by atoms with E-state index in [0.717, 1.165) is 52.1 Å². The van der Waals surface area contributed by atoms with E-state index in [9.17, 15) is 12.8 Å². The third-order valence-corrected chi connectivity index (χ3v) is 11.3. The van der Waals surface area contributed by atoms with Gasteiger partial charge in [-0.15, -0.1) is 11.3 Å². The Balaban J connectivity index is 1.35. The van der Waals surface area contributed by atoms with Crippen LogP contribution in [0.25, 0.3) is 16.6 Å². The molecule has 2 aromatic heterocycles. The van der Waals surface area contributed by atoms with E-state index in [0.29, 0.717) is 35.9 Å². The lowest BCUT2D eigenvalue weighted by atomic mass is 9.81. The Morgan fingerprint density at radius 3 is 2.56 bits per heavy atom. The van der Waals surface area contributed by atoms with Gasteiger partial charge in [-0.25, -0.2) is 22.5 Å². The van der Waals surface area contributed by atoms with Crippen molar-refractivity contribution in [3.05, 3.63) is 70.7 Å². The van der Waals surface area contributed by atoms with Crippen molar-refractivity contribution in [2.75, 3.05) is 33.3 Å². The van der Waals surface area contributed by atoms with Gasteiger partial charge in [-0.3, -0.25) is 4.90 Å². The third-order valence-electron chi connectivity index (χ3n) is 8.05. The van der Waals surface area contributed by atoms with Crippen LogP contribution in [0.3, 0.4) is 0 Å². The molecule has 1 aliphatic heterocycles. The second kappa shape index (κ2) is 10.4. The summed E-state index contributed by atoms with van der Waals surface area (Å²) in [6, 6.07) is 10.4. The van der Waals surface area contributed by atoms with E-state index >= 15 is 0 Å². The van der Waals surface area contributed by atoms with Gasteiger partial charge in [0, 0.05) is 44.7 Å². The van der Waals surface area contributed by atoms with E-state index in [4.69, 9.17) is 4.74 Å². The number of fused-ring (bicyclic) bond motifs is 1. The maximum atomic E-state index is 13.6. The fourth-order valence-corrected chi connectivity index (χ4v) is 8.51. The average molecular weight is 570 g/mol. The molecule has 0 N–H and O–H groups in total. The van der Waals surface area contributed by atoms with Gasteiger partial charge in [-0.2, -0.15) is 9.40 Å². The lowest BCUT2D eigenvalue weighted by molar-refractivity contribution is -0.0216. The summed E-state index contributed by atoms with van der Waals surface area (Å²) in [4.78, 5) is 6.63. The molecule has 39 heavy (non-hydrogen) atoms. The predicted octanol–water partition coefficient (Wildman–Crippen LogP) is 4.71. The van der Waals surface area contributed by atoms with Crippen molar-refractivity contribution in [3.8, 4) is 5.69 Å². The standard InChI is InChI=1S/C28H32FN5O3S2/c1-18-10-26-21(14-31-34(26)23-6-4-22(29)5-7-23)13-25(18)27-17-33(39(35,36)28-15-30-19(2)38-28)9-8-32(27)16-20-11-24(12-20)37-3/h4-7,10,13-15,20,24,27H,8-9,11-12,16-17H2,1-3H3/t20-,24+,27-/m1/s1. The molecule has 1 saturated carbocycles. The molecule has 2 fully saturated rings. The summed E-state index contributed by atoms with van der Waals surface area (Å²) in [6.45, 7) is 6.27. The zero-order chi connectivity index (χ0) is 27.3. The molecule has 0 radical (unpaired) electrons. The Morgan fingerprint density at radius 2 is 1.87 bits per heavy atom. The van der Waals surface area contributed by atoms with Crippen molar-refractivity contribution in [3.63, 3.8) is 0 Å². The fraction of sp³-hybridized carbons (Fsp3) is 0.429. The van der Waals surface area contributed by atoms with Crippen LogP contribution in [-0.2, 0) is 14.8 Å². The maximum Gasteiger partial charge on any atom is 0.254 e. The van der Waals surface area contributed by atoms with Crippen molar-refractivity contribution in [2.45, 2.75) is 43.0 Å². The summed E-state index contributed by atoms with van der Waals surface area (Å²) in [5.74, 6) is 0.248. The number of benzene rings is 2. The Labute approximate surface area is 232 Å². The first-order chi connectivity index (χ1) is 18.7. The van der Waals surface area contributed by atoms with E-state index in [1.807, 2.05) is 17.8 Å². The second-order valence-electron chi connectivity index (χ2n) is 10.6. The number of ether oxygens (including phenoxy) is 1. The van der Waals surface area contributed by atoms with E-state index in [1.54, 1.807) is 23.5 Å². The number of methoxy groups -OCH3 is 1. The molecule has 0 spiro atoms. The zero-order valence-corrected chi connectivity index (χ0v) is 23.9. The van der Waals surface area contributed by atoms with Gasteiger partial charge in [-0.05, 0) is 80.1 Å². The number of rotatable bonds is 7. The highest BCUT2D eigenvalue weighted by Crippen LogP contribution is 2.37. The van der Waals surface area contributed by atoms with Crippen molar-refractivity contribution in [1.29, 1.82) is 0 Å². The number of thiazole rings is 1. The molecular weight excluding hydrogens is 537 g/mol. The average Bonchev–Trinajstić information content (AvgIpc) is 3.52. The third kappa shape index (κ3) is 5.02. The quantitative estimate of drug-likeness (QED) is 0.321. The molecule has 1 aliphatic carbocycles. The minimum atomic E-state index is -3.63. The molecule has 1 atom stereocenters. The summed E-state index contributed by atoms with van der Waals surface area (Å²) in [5.41, 5.74) is 3.88. The Bertz CT molecular complexity index is 1600. The number of hydrogen-bond donors (Lipinski definition) is 0. The van der Waals surface area contributed by atoms with Crippen LogP contribution in [0.5, 0.6) is 0 Å². The SMILES string of the molecule is CO[C@H]1C[C@@H](CN2CCN(S(=O)(=O)c3cnc(C)s3)C[C@@H]2c2cc3cnn(-c4ccc(F)cc4)c3cc2C)C1. The maximum absolute atomic E-state index is 13.6. The highest BCUT2D eigenvalue weighted by Gasteiger charge is 2.39. The molecule has 206 valence electrons. The van der Waals surface area contributed by atoms with E-state index in [1.165, 1.54) is 29.7 Å². The molecule has 0 unspecified atom stereocenters. The Hall–Kier alpha value is -2.70. The smallest absolute Gasteiger partial charge is 0.254 e. The first-order valence-corrected chi connectivity index (χ1v) is 15.4. The highest BCUT2D eigenvalue weighted by molar-refractivity contribution is 7.91. The fourth-order valence-electron chi connectivity index (χ4n) is 5.81. The second-order valence-corrected chi connectivity index (χ2v) is 14.0. The first kappa shape index (κ1) is 26.5. The molecule has 11 heteroatoms. The number of sulfonamides is 1. The first-order valence-electron chi connectivity index (χ1n) is 13.2. The Morgan fingerprint density at radius 1 is 1.10 bits per heavy atom. The van der Waals surface area contributed by atoms with Gasteiger partial charge < -0.3 is 4.74 Å². The van der Waals surface area contributed by atoms with Crippen LogP contribution >= 0.6 is 11.3 Å². The number of halogens is 1. The summed E-state index contributed by atoms with van der Waals surface area (Å²) in [7, 11) is -1.87. The highest BCUT2D eigenvalue weighted by atomic mass is 32.2. The van der Waals surface area contributed by atoms with Crippen molar-refractivity contribution >= 4 is 32.3 Å². The minimum absolute atomic E-state index is 0.0947. The van der Waals surface area contributed by atoms with Crippen LogP contribution in [0.4, 0.5) is 4.39 Å². The molecule has 4 aromatic rings. The summed E-state index contributed by atoms with van der Waals surface area (Å²) >= 11 is 1.22. The monoisotopic (exact) mass is 569 g/mol. The molecule has 0 amide bonds. The number of piperazine rings is 1. The minimum Gasteiger partial charge on any atom is -0.381 e. The molecular formula is C28H32FN5O3S2. The molecule has 2 aromatic carbocycles. The van der Waals surface area contributed by atoms with Gasteiger partial charge in [-0.1, -0.05) is 0 Å². The summed E-state index contributed by atoms with van der Waals surface area (Å²) in [6.07, 6.45) is 5.67. The number of aromatic nitrogens is 3. The molecule has 2 aliphatic rings. The van der Waals surface area contributed by atoms with Gasteiger partial charge in [0.1, 0.15) is 5.82 Å². The predicted molar refractivity (Wildman–Crippen MR) is 149 cm³/mol. The number of hydrogen-bond acceptors (Lipinski definition) is 7. The van der Waals surface area contributed by atoms with Crippen LogP contribution in [0.1, 0.15) is 35.0 Å². The topological polar surface area (TPSA) is 80.6 Å². The van der Waals surface area contributed by atoms with Crippen LogP contribution in [0.2, 0.25) is 0 Å². The van der Waals surface area contributed by atoms with Gasteiger partial charge in [0.2, 0.25) is 0 Å². The van der Waals surface area contributed by atoms with Gasteiger partial charge in [0.15, 0.2) is 4.21 Å². The molecule has 0 bridgehead atoms. The van der Waals surface area contributed by atoms with Gasteiger partial charge in [0.25, 0.3) is 10.0 Å². The van der Waals surface area contributed by atoms with Crippen LogP contribution in [0, 0.1) is 25.6 Å². The van der Waals surface area contributed by atoms with Crippen molar-refractivity contribution in [1.82, 2.24) is 24.0 Å². The number of nitrogens with zero attached hydrogens (tertiary/aromatic N) is 5. The molecule has 3 heterocycles. The van der Waals surface area contributed by atoms with Crippen LogP contribution in [-0.4, -0.2) is 71.8 Å². The lowest BCUT2D eigenvalue weighted by Crippen LogP contribution is -2.52. The largest absolute Gasteiger partial charge is 0.381 e. The summed E-state index contributed by atoms with van der Waals surface area (Å²) < 4.78 is 49.8. The molecule has 1 saturated heterocycles. The van der Waals surface area contributed by atoms with E-state index in [2.05, 4.69) is 34.0 Å². The van der Waals surface area contributed by atoms with Crippen molar-refractivity contribution < 1.29 is 17.5 Å². The van der Waals surface area contributed by atoms with Crippen LogP contribution in [0.15, 0.2) is 53.0 Å². The van der Waals surface area contributed by atoms with Crippen LogP contribution < -0.4 is 0 Å². The zero-order valence-electron chi connectivity index (χ0n) is 22.2. The van der Waals surface area contributed by atoms with Gasteiger partial charge >= 0.3 is 0 Å². The van der Waals surface area contributed by atoms with E-state index in [-0.39, 0.29) is 11.9 Å². The summed E-state index contributed by atoms with van der Waals surface area (Å²) in [5, 5.41) is 6.28. The Kier molecular flexibility index (Phi) is 7.05. The van der Waals surface area contributed by atoms with Gasteiger partial charge in [0.05, 0.1) is 34.7 Å². The molecule has 6 rings (SSSR count). The number of aryl methyl sites for hydroxylation is 2. The van der Waals surface area contributed by atoms with E-state index < -0.39 is 10.0 Å².